The van der Waals surface area contributed by atoms with E-state index in [2.05, 4.69) is 26.0 Å². The van der Waals surface area contributed by atoms with Crippen LogP contribution < -0.4 is 5.01 Å². The zero-order valence-electron chi connectivity index (χ0n) is 19.1. The van der Waals surface area contributed by atoms with Gasteiger partial charge in [0.15, 0.2) is 0 Å². The van der Waals surface area contributed by atoms with Gasteiger partial charge in [0.05, 0.1) is 21.3 Å². The molecular weight excluding hydrogens is 548 g/mol. The largest absolute Gasteiger partial charge is 0.280 e. The molecule has 0 aliphatic carbocycles. The molecule has 4 aromatic rings. The molecular formula is C25H23BrN4O3S2. The average molecular weight is 572 g/mol. The van der Waals surface area contributed by atoms with Crippen molar-refractivity contribution in [2.45, 2.75) is 18.7 Å². The molecule has 0 spiro atoms. The summed E-state index contributed by atoms with van der Waals surface area (Å²) in [7, 11) is -3.62. The lowest BCUT2D eigenvalue weighted by atomic mass is 10.2. The van der Waals surface area contributed by atoms with Crippen molar-refractivity contribution in [3.63, 3.8) is 0 Å². The van der Waals surface area contributed by atoms with E-state index in [1.165, 1.54) is 44.9 Å². The molecule has 0 fully saturated rings. The van der Waals surface area contributed by atoms with Gasteiger partial charge in [-0.25, -0.2) is 13.4 Å². The first kappa shape index (κ1) is 25.2. The Morgan fingerprint density at radius 2 is 1.71 bits per heavy atom. The molecule has 0 atom stereocenters. The molecule has 1 amide bonds. The van der Waals surface area contributed by atoms with Gasteiger partial charge < -0.3 is 0 Å². The molecule has 7 nitrogen and oxygen atoms in total. The molecule has 35 heavy (non-hydrogen) atoms. The van der Waals surface area contributed by atoms with Gasteiger partial charge in [0.25, 0.3) is 5.91 Å². The third kappa shape index (κ3) is 5.51. The Morgan fingerprint density at radius 1 is 1.03 bits per heavy atom. The van der Waals surface area contributed by atoms with Crippen molar-refractivity contribution in [2.75, 3.05) is 18.1 Å². The molecule has 0 radical (unpaired) electrons. The summed E-state index contributed by atoms with van der Waals surface area (Å²) in [6.07, 6.45) is 1.60. The van der Waals surface area contributed by atoms with Crippen LogP contribution in [-0.4, -0.2) is 42.9 Å². The normalized spacial score (nSPS) is 12.0. The van der Waals surface area contributed by atoms with Crippen molar-refractivity contribution < 1.29 is 13.2 Å². The number of hydrogen-bond acceptors (Lipinski definition) is 6. The number of nitrogens with zero attached hydrogens (tertiary/aromatic N) is 4. The molecule has 0 N–H and O–H groups in total. The molecule has 1 aromatic heterocycles. The van der Waals surface area contributed by atoms with Crippen LogP contribution in [0.4, 0.5) is 5.13 Å². The van der Waals surface area contributed by atoms with Crippen molar-refractivity contribution in [2.24, 2.45) is 5.10 Å². The van der Waals surface area contributed by atoms with Crippen molar-refractivity contribution in [3.05, 3.63) is 88.4 Å². The first-order valence-corrected chi connectivity index (χ1v) is 14.0. The van der Waals surface area contributed by atoms with Crippen molar-refractivity contribution in [1.29, 1.82) is 0 Å². The first-order valence-electron chi connectivity index (χ1n) is 10.9. The van der Waals surface area contributed by atoms with Gasteiger partial charge in [-0.2, -0.15) is 14.4 Å². The molecule has 0 saturated carbocycles. The summed E-state index contributed by atoms with van der Waals surface area (Å²) >= 11 is 4.81. The summed E-state index contributed by atoms with van der Waals surface area (Å²) in [5.74, 6) is -0.415. The SMILES string of the molecule is CCN(CC)S(=O)(=O)c1ccc(C(=O)N(/N=C/c2ccccc2)c2nc3ccc(Br)cc3s2)cc1. The van der Waals surface area contributed by atoms with E-state index in [4.69, 9.17) is 0 Å². The number of hydrogen-bond donors (Lipinski definition) is 0. The number of fused-ring (bicyclic) bond motifs is 1. The zero-order chi connectivity index (χ0) is 25.0. The van der Waals surface area contributed by atoms with Crippen molar-refractivity contribution in [1.82, 2.24) is 9.29 Å². The number of carbonyl (C=O) groups excluding carboxylic acids is 1. The smallest absolute Gasteiger partial charge is 0.267 e. The van der Waals surface area contributed by atoms with Crippen LogP contribution in [0.5, 0.6) is 0 Å². The van der Waals surface area contributed by atoms with E-state index in [0.717, 1.165) is 20.3 Å². The number of carbonyl (C=O) groups is 1. The highest BCUT2D eigenvalue weighted by Gasteiger charge is 2.24. The number of thiazole rings is 1. The molecule has 1 heterocycles. The summed E-state index contributed by atoms with van der Waals surface area (Å²) < 4.78 is 28.8. The fourth-order valence-corrected chi connectivity index (χ4v) is 6.37. The van der Waals surface area contributed by atoms with Gasteiger partial charge >= 0.3 is 0 Å². The van der Waals surface area contributed by atoms with Crippen molar-refractivity contribution >= 4 is 64.8 Å². The Balaban J connectivity index is 1.71. The number of hydrazone groups is 1. The van der Waals surface area contributed by atoms with Crippen LogP contribution in [0.2, 0.25) is 0 Å². The minimum absolute atomic E-state index is 0.141. The number of rotatable bonds is 8. The summed E-state index contributed by atoms with van der Waals surface area (Å²) in [6.45, 7) is 4.32. The summed E-state index contributed by atoms with van der Waals surface area (Å²) in [5, 5.41) is 6.11. The maximum atomic E-state index is 13.5. The minimum atomic E-state index is -3.62. The zero-order valence-corrected chi connectivity index (χ0v) is 22.3. The third-order valence-electron chi connectivity index (χ3n) is 5.28. The minimum Gasteiger partial charge on any atom is -0.267 e. The number of aromatic nitrogens is 1. The topological polar surface area (TPSA) is 82.9 Å². The number of anilines is 1. The quantitative estimate of drug-likeness (QED) is 0.199. The molecule has 0 aliphatic rings. The molecule has 0 aliphatic heterocycles. The lowest BCUT2D eigenvalue weighted by Crippen LogP contribution is -2.30. The second kappa shape index (κ2) is 10.8. The fraction of sp³-hybridized carbons (Fsp3) is 0.160. The standard InChI is InChI=1S/C25H23BrN4O3S2/c1-3-29(4-2)35(32,33)21-13-10-19(11-14-21)24(31)30(27-17-18-8-6-5-7-9-18)25-28-22-15-12-20(26)16-23(22)34-25/h5-17H,3-4H2,1-2H3/b27-17+. The number of sulfonamides is 1. The Morgan fingerprint density at radius 3 is 2.37 bits per heavy atom. The van der Waals surface area contributed by atoms with Crippen LogP contribution >= 0.6 is 27.3 Å². The van der Waals surface area contributed by atoms with Crippen LogP contribution in [0.15, 0.2) is 87.3 Å². The van der Waals surface area contributed by atoms with E-state index < -0.39 is 15.9 Å². The summed E-state index contributed by atoms with van der Waals surface area (Å²) in [5.41, 5.74) is 1.88. The van der Waals surface area contributed by atoms with Crippen LogP contribution in [0, 0.1) is 0 Å². The Bertz CT molecular complexity index is 1470. The van der Waals surface area contributed by atoms with Crippen LogP contribution in [0.25, 0.3) is 10.2 Å². The second-order valence-electron chi connectivity index (χ2n) is 7.49. The van der Waals surface area contributed by atoms with Crippen molar-refractivity contribution in [3.8, 4) is 0 Å². The lowest BCUT2D eigenvalue weighted by molar-refractivity contribution is 0.0987. The van der Waals surface area contributed by atoms with Gasteiger partial charge in [-0.3, -0.25) is 4.79 Å². The van der Waals surface area contributed by atoms with E-state index in [0.29, 0.717) is 23.8 Å². The Labute approximate surface area is 216 Å². The lowest BCUT2D eigenvalue weighted by Gasteiger charge is -2.19. The molecule has 4 rings (SSSR count). The first-order chi connectivity index (χ1) is 16.8. The number of halogens is 1. The number of benzene rings is 3. The second-order valence-corrected chi connectivity index (χ2v) is 11.4. The summed E-state index contributed by atoms with van der Waals surface area (Å²) in [4.78, 5) is 18.3. The van der Waals surface area contributed by atoms with E-state index in [-0.39, 0.29) is 4.90 Å². The highest BCUT2D eigenvalue weighted by molar-refractivity contribution is 9.10. The van der Waals surface area contributed by atoms with Gasteiger partial charge in [-0.15, -0.1) is 0 Å². The monoisotopic (exact) mass is 570 g/mol. The van der Waals surface area contributed by atoms with Crippen LogP contribution in [0.3, 0.4) is 0 Å². The highest BCUT2D eigenvalue weighted by atomic mass is 79.9. The van der Waals surface area contributed by atoms with Crippen LogP contribution in [0.1, 0.15) is 29.8 Å². The molecule has 0 unspecified atom stereocenters. The molecule has 10 heteroatoms. The number of amides is 1. The molecule has 3 aromatic carbocycles. The fourth-order valence-electron chi connectivity index (χ4n) is 3.43. The van der Waals surface area contributed by atoms with Gasteiger partial charge in [0, 0.05) is 23.1 Å². The maximum absolute atomic E-state index is 13.5. The molecule has 0 saturated heterocycles. The van der Waals surface area contributed by atoms with E-state index in [9.17, 15) is 13.2 Å². The van der Waals surface area contributed by atoms with E-state index in [1.54, 1.807) is 20.1 Å². The highest BCUT2D eigenvalue weighted by Crippen LogP contribution is 2.32. The van der Waals surface area contributed by atoms with Gasteiger partial charge in [-0.05, 0) is 48.0 Å². The summed E-state index contributed by atoms with van der Waals surface area (Å²) in [6, 6.07) is 21.1. The van der Waals surface area contributed by atoms with E-state index >= 15 is 0 Å². The molecule has 180 valence electrons. The Hall–Kier alpha value is -2.92. The van der Waals surface area contributed by atoms with E-state index in [1.807, 2.05) is 48.5 Å². The predicted molar refractivity (Wildman–Crippen MR) is 145 cm³/mol. The van der Waals surface area contributed by atoms with Crippen LogP contribution in [-0.2, 0) is 10.0 Å². The van der Waals surface area contributed by atoms with Gasteiger partial charge in [-0.1, -0.05) is 71.4 Å². The third-order valence-corrected chi connectivity index (χ3v) is 8.83. The van der Waals surface area contributed by atoms with Gasteiger partial charge in [0.1, 0.15) is 0 Å². The maximum Gasteiger partial charge on any atom is 0.280 e. The van der Waals surface area contributed by atoms with Gasteiger partial charge in [0.2, 0.25) is 15.2 Å². The molecule has 0 bridgehead atoms. The predicted octanol–water partition coefficient (Wildman–Crippen LogP) is 5.77. The Kier molecular flexibility index (Phi) is 7.75. The average Bonchev–Trinajstić information content (AvgIpc) is 3.28.